The number of rotatable bonds is 2. The molecule has 0 radical (unpaired) electrons. The molecule has 0 aromatic carbocycles. The first kappa shape index (κ1) is 10.6. The van der Waals surface area contributed by atoms with Crippen molar-refractivity contribution in [1.82, 2.24) is 14.8 Å². The Morgan fingerprint density at radius 1 is 1.50 bits per heavy atom. The number of hydrogen-bond donors (Lipinski definition) is 2. The number of aromatic nitrogens is 3. The highest BCUT2D eigenvalue weighted by atomic mass is 79.9. The van der Waals surface area contributed by atoms with E-state index in [1.54, 1.807) is 12.1 Å². The molecule has 0 bridgehead atoms. The van der Waals surface area contributed by atoms with E-state index < -0.39 is 11.5 Å². The summed E-state index contributed by atoms with van der Waals surface area (Å²) < 4.78 is 1.84. The van der Waals surface area contributed by atoms with E-state index in [1.807, 2.05) is 0 Å². The van der Waals surface area contributed by atoms with E-state index >= 15 is 0 Å². The lowest BCUT2D eigenvalue weighted by Crippen LogP contribution is -2.20. The topological polar surface area (TPSA) is 88.0 Å². The van der Waals surface area contributed by atoms with Gasteiger partial charge in [0.1, 0.15) is 5.56 Å². The molecule has 0 saturated carbocycles. The second-order valence-corrected chi connectivity index (χ2v) is 3.88. The lowest BCUT2D eigenvalue weighted by molar-refractivity contribution is 0.0695. The number of nitrogens with one attached hydrogen (secondary N) is 1. The van der Waals surface area contributed by atoms with E-state index in [2.05, 4.69) is 26.0 Å². The molecule has 82 valence electrons. The molecular formula is C9H6BrN3O3. The first-order chi connectivity index (χ1) is 7.59. The van der Waals surface area contributed by atoms with Gasteiger partial charge >= 0.3 is 5.97 Å². The Morgan fingerprint density at radius 3 is 2.75 bits per heavy atom. The van der Waals surface area contributed by atoms with E-state index in [9.17, 15) is 9.59 Å². The van der Waals surface area contributed by atoms with Gasteiger partial charge in [0.15, 0.2) is 5.82 Å². The summed E-state index contributed by atoms with van der Waals surface area (Å²) in [6.45, 7) is 0. The van der Waals surface area contributed by atoms with E-state index in [4.69, 9.17) is 5.11 Å². The highest BCUT2D eigenvalue weighted by molar-refractivity contribution is 9.10. The molecule has 0 spiro atoms. The van der Waals surface area contributed by atoms with Crippen molar-refractivity contribution in [2.75, 3.05) is 0 Å². The maximum atomic E-state index is 11.6. The number of pyridine rings is 1. The predicted molar refractivity (Wildman–Crippen MR) is 58.8 cm³/mol. The van der Waals surface area contributed by atoms with E-state index in [0.717, 1.165) is 15.4 Å². The molecule has 0 aliphatic carbocycles. The molecule has 2 N–H and O–H groups in total. The molecule has 6 nitrogen and oxygen atoms in total. The third-order valence-corrected chi connectivity index (χ3v) is 2.41. The maximum Gasteiger partial charge on any atom is 0.342 e. The lowest BCUT2D eigenvalue weighted by atomic mass is 10.4. The predicted octanol–water partition coefficient (Wildman–Crippen LogP) is 1.02. The molecule has 2 rings (SSSR count). The average Bonchev–Trinajstić information content (AvgIpc) is 2.61. The Labute approximate surface area is 97.7 Å². The minimum absolute atomic E-state index is 0.315. The molecule has 7 heteroatoms. The second-order valence-electron chi connectivity index (χ2n) is 2.97. The number of carbonyl (C=O) groups is 1. The van der Waals surface area contributed by atoms with Crippen LogP contribution in [0.3, 0.4) is 0 Å². The van der Waals surface area contributed by atoms with Crippen LogP contribution < -0.4 is 5.56 Å². The number of halogens is 1. The molecule has 0 amide bonds. The van der Waals surface area contributed by atoms with Gasteiger partial charge in [-0.15, -0.1) is 0 Å². The molecule has 0 aliphatic rings. The van der Waals surface area contributed by atoms with Crippen LogP contribution in [0.25, 0.3) is 5.82 Å². The third-order valence-electron chi connectivity index (χ3n) is 1.94. The quantitative estimate of drug-likeness (QED) is 0.861. The summed E-state index contributed by atoms with van der Waals surface area (Å²) in [5.41, 5.74) is -0.952. The highest BCUT2D eigenvalue weighted by Crippen LogP contribution is 2.08. The van der Waals surface area contributed by atoms with Gasteiger partial charge in [0, 0.05) is 16.9 Å². The number of aromatic amines is 1. The van der Waals surface area contributed by atoms with Crippen molar-refractivity contribution in [3.05, 3.63) is 44.9 Å². The van der Waals surface area contributed by atoms with Crippen LogP contribution in [0, 0.1) is 0 Å². The molecule has 0 atom stereocenters. The van der Waals surface area contributed by atoms with Crippen molar-refractivity contribution in [2.45, 2.75) is 0 Å². The summed E-state index contributed by atoms with van der Waals surface area (Å²) in [5.74, 6) is -0.933. The largest absolute Gasteiger partial charge is 0.477 e. The van der Waals surface area contributed by atoms with E-state index in [0.29, 0.717) is 5.82 Å². The van der Waals surface area contributed by atoms with Gasteiger partial charge < -0.3 is 5.11 Å². The van der Waals surface area contributed by atoms with Crippen molar-refractivity contribution >= 4 is 21.9 Å². The summed E-state index contributed by atoms with van der Waals surface area (Å²) in [7, 11) is 0. The average molecular weight is 284 g/mol. The Morgan fingerprint density at radius 2 is 2.25 bits per heavy atom. The highest BCUT2D eigenvalue weighted by Gasteiger charge is 2.14. The van der Waals surface area contributed by atoms with Gasteiger partial charge in [0.05, 0.1) is 0 Å². The zero-order valence-corrected chi connectivity index (χ0v) is 9.43. The van der Waals surface area contributed by atoms with Gasteiger partial charge in [0.2, 0.25) is 0 Å². The van der Waals surface area contributed by atoms with Gasteiger partial charge in [-0.25, -0.2) is 14.5 Å². The summed E-state index contributed by atoms with van der Waals surface area (Å²) in [5, 5.41) is 11.2. The second kappa shape index (κ2) is 3.93. The number of H-pyrrole nitrogens is 1. The number of aromatic carboxylic acids is 1. The number of nitrogens with zero attached hydrogens (tertiary/aromatic N) is 2. The van der Waals surface area contributed by atoms with Crippen LogP contribution in [0.1, 0.15) is 10.4 Å². The van der Waals surface area contributed by atoms with Crippen LogP contribution >= 0.6 is 15.9 Å². The van der Waals surface area contributed by atoms with Crippen LogP contribution in [-0.2, 0) is 0 Å². The fourth-order valence-corrected chi connectivity index (χ4v) is 1.43. The molecular weight excluding hydrogens is 278 g/mol. The van der Waals surface area contributed by atoms with E-state index in [1.165, 1.54) is 6.20 Å². The smallest absolute Gasteiger partial charge is 0.342 e. The number of carboxylic acid groups (broad SMARTS) is 1. The summed E-state index contributed by atoms with van der Waals surface area (Å²) >= 11 is 3.21. The Bertz CT molecular complexity index is 585. The lowest BCUT2D eigenvalue weighted by Gasteiger charge is -1.99. The first-order valence-corrected chi connectivity index (χ1v) is 5.04. The van der Waals surface area contributed by atoms with Gasteiger partial charge in [-0.3, -0.25) is 9.89 Å². The first-order valence-electron chi connectivity index (χ1n) is 4.25. The number of carboxylic acids is 1. The molecule has 2 aromatic heterocycles. The van der Waals surface area contributed by atoms with Crippen molar-refractivity contribution < 1.29 is 9.90 Å². The summed E-state index contributed by atoms with van der Waals surface area (Å²) in [6.07, 6.45) is 2.65. The maximum absolute atomic E-state index is 11.6. The van der Waals surface area contributed by atoms with Crippen molar-refractivity contribution in [3.8, 4) is 5.82 Å². The molecule has 0 unspecified atom stereocenters. The minimum Gasteiger partial charge on any atom is -0.477 e. The van der Waals surface area contributed by atoms with Gasteiger partial charge in [0.25, 0.3) is 5.56 Å². The fourth-order valence-electron chi connectivity index (χ4n) is 1.19. The van der Waals surface area contributed by atoms with Crippen LogP contribution in [0.15, 0.2) is 33.8 Å². The molecule has 2 heterocycles. The van der Waals surface area contributed by atoms with Crippen LogP contribution in [0.5, 0.6) is 0 Å². The fraction of sp³-hybridized carbons (Fsp3) is 0. The van der Waals surface area contributed by atoms with Crippen LogP contribution in [0.4, 0.5) is 0 Å². The zero-order chi connectivity index (χ0) is 11.7. The van der Waals surface area contributed by atoms with Crippen molar-refractivity contribution in [2.24, 2.45) is 0 Å². The standard InChI is InChI=1S/C9H6BrN3O3/c10-5-1-2-7(11-3-5)13-8(14)6(4-12-13)9(15)16/h1-4,12H,(H,15,16). The SMILES string of the molecule is O=C(O)c1c[nH]n(-c2ccc(Br)cn2)c1=O. The van der Waals surface area contributed by atoms with Gasteiger partial charge in [-0.1, -0.05) is 0 Å². The molecule has 0 aliphatic heterocycles. The molecule has 2 aromatic rings. The minimum atomic E-state index is -1.27. The molecule has 16 heavy (non-hydrogen) atoms. The van der Waals surface area contributed by atoms with Gasteiger partial charge in [-0.2, -0.15) is 0 Å². The number of hydrogen-bond acceptors (Lipinski definition) is 3. The van der Waals surface area contributed by atoms with Crippen LogP contribution in [-0.4, -0.2) is 25.8 Å². The Kier molecular flexibility index (Phi) is 2.61. The Balaban J connectivity index is 2.53. The summed E-state index contributed by atoms with van der Waals surface area (Å²) in [6, 6.07) is 3.30. The third kappa shape index (κ3) is 1.76. The monoisotopic (exact) mass is 283 g/mol. The zero-order valence-electron chi connectivity index (χ0n) is 7.85. The van der Waals surface area contributed by atoms with Gasteiger partial charge in [-0.05, 0) is 28.1 Å². The van der Waals surface area contributed by atoms with Crippen LogP contribution in [0.2, 0.25) is 0 Å². The normalized spacial score (nSPS) is 10.3. The van der Waals surface area contributed by atoms with E-state index in [-0.39, 0.29) is 5.56 Å². The van der Waals surface area contributed by atoms with Crippen molar-refractivity contribution in [1.29, 1.82) is 0 Å². The Hall–Kier alpha value is -1.89. The molecule has 0 fully saturated rings. The van der Waals surface area contributed by atoms with Crippen molar-refractivity contribution in [3.63, 3.8) is 0 Å². The molecule has 0 saturated heterocycles. The summed E-state index contributed by atoms with van der Waals surface area (Å²) in [4.78, 5) is 26.2.